The van der Waals surface area contributed by atoms with E-state index in [1.807, 2.05) is 0 Å². The van der Waals surface area contributed by atoms with Crippen molar-refractivity contribution in [3.05, 3.63) is 0 Å². The second-order valence-corrected chi connectivity index (χ2v) is 9.41. The van der Waals surface area contributed by atoms with E-state index in [1.165, 1.54) is 89.9 Å². The van der Waals surface area contributed by atoms with Crippen LogP contribution in [0.4, 0.5) is 4.39 Å². The predicted molar refractivity (Wildman–Crippen MR) is 97.3 cm³/mol. The second-order valence-electron chi connectivity index (χ2n) is 9.41. The van der Waals surface area contributed by atoms with Crippen LogP contribution >= 0.6 is 0 Å². The van der Waals surface area contributed by atoms with E-state index in [9.17, 15) is 0 Å². The first kappa shape index (κ1) is 17.7. The number of hydrogen-bond acceptors (Lipinski definition) is 0. The Kier molecular flexibility index (Phi) is 5.74. The lowest BCUT2D eigenvalue weighted by Crippen LogP contribution is -2.49. The van der Waals surface area contributed by atoms with Gasteiger partial charge in [0.15, 0.2) is 0 Å². The van der Waals surface area contributed by atoms with Crippen LogP contribution in [0.2, 0.25) is 0 Å². The summed E-state index contributed by atoms with van der Waals surface area (Å²) in [5.41, 5.74) is 1.07. The predicted octanol–water partition coefficient (Wildman–Crippen LogP) is 7.46. The molecule has 0 nitrogen and oxygen atoms in total. The van der Waals surface area contributed by atoms with E-state index in [-0.39, 0.29) is 0 Å². The Morgan fingerprint density at radius 3 is 2.13 bits per heavy atom. The summed E-state index contributed by atoms with van der Waals surface area (Å²) >= 11 is 0. The minimum Gasteiger partial charge on any atom is -0.247 e. The summed E-state index contributed by atoms with van der Waals surface area (Å²) in [4.78, 5) is 0. The third-order valence-electron chi connectivity index (χ3n) is 8.12. The zero-order valence-electron chi connectivity index (χ0n) is 15.7. The van der Waals surface area contributed by atoms with Gasteiger partial charge in [0.2, 0.25) is 0 Å². The van der Waals surface area contributed by atoms with Gasteiger partial charge in [-0.25, -0.2) is 4.39 Å². The Labute approximate surface area is 144 Å². The van der Waals surface area contributed by atoms with Gasteiger partial charge in [-0.05, 0) is 86.9 Å². The molecule has 4 rings (SSSR count). The van der Waals surface area contributed by atoms with Crippen molar-refractivity contribution in [3.8, 4) is 0 Å². The largest absolute Gasteiger partial charge is 0.247 e. The fraction of sp³-hybridized carbons (Fsp3) is 1.00. The van der Waals surface area contributed by atoms with Crippen molar-refractivity contribution in [3.63, 3.8) is 0 Å². The van der Waals surface area contributed by atoms with Gasteiger partial charge in [-0.2, -0.15) is 0 Å². The Balaban J connectivity index is 1.55. The van der Waals surface area contributed by atoms with Gasteiger partial charge in [0, 0.05) is 0 Å². The lowest BCUT2D eigenvalue weighted by molar-refractivity contribution is -0.0894. The Morgan fingerprint density at radius 2 is 1.57 bits per heavy atom. The molecule has 134 valence electrons. The van der Waals surface area contributed by atoms with Gasteiger partial charge in [-0.3, -0.25) is 0 Å². The van der Waals surface area contributed by atoms with Crippen molar-refractivity contribution in [2.24, 2.45) is 22.7 Å². The first-order chi connectivity index (χ1) is 11.1. The summed E-state index contributed by atoms with van der Waals surface area (Å²) in [6.45, 7) is 4.60. The molecule has 2 bridgehead atoms. The lowest BCUT2D eigenvalue weighted by Gasteiger charge is -2.58. The van der Waals surface area contributed by atoms with E-state index in [2.05, 4.69) is 13.8 Å². The number of alkyl halides is 1. The number of fused-ring (bicyclic) bond motifs is 3. The molecule has 23 heavy (non-hydrogen) atoms. The SMILES string of the molecule is CCCCC[C@H]1CCC(C23CCC(CCC)(CC2)CC3)[C@H](F)C1. The van der Waals surface area contributed by atoms with Gasteiger partial charge < -0.3 is 0 Å². The molecular weight excluding hydrogens is 283 g/mol. The molecule has 4 aliphatic carbocycles. The second kappa shape index (κ2) is 7.44. The highest BCUT2D eigenvalue weighted by Crippen LogP contribution is 2.63. The van der Waals surface area contributed by atoms with Gasteiger partial charge in [-0.1, -0.05) is 46.0 Å². The monoisotopic (exact) mass is 322 g/mol. The van der Waals surface area contributed by atoms with Crippen molar-refractivity contribution in [2.45, 2.75) is 116 Å². The molecule has 1 unspecified atom stereocenters. The quantitative estimate of drug-likeness (QED) is 0.427. The van der Waals surface area contributed by atoms with Crippen LogP contribution in [0.1, 0.15) is 110 Å². The zero-order valence-corrected chi connectivity index (χ0v) is 15.7. The van der Waals surface area contributed by atoms with E-state index >= 15 is 4.39 Å². The van der Waals surface area contributed by atoms with E-state index in [4.69, 9.17) is 0 Å². The number of unbranched alkanes of at least 4 members (excludes halogenated alkanes) is 2. The van der Waals surface area contributed by atoms with E-state index in [0.717, 1.165) is 6.42 Å². The Hall–Kier alpha value is -0.0700. The van der Waals surface area contributed by atoms with Crippen molar-refractivity contribution < 1.29 is 4.39 Å². The minimum absolute atomic E-state index is 0.406. The molecule has 4 fully saturated rings. The lowest BCUT2D eigenvalue weighted by atomic mass is 9.47. The highest BCUT2D eigenvalue weighted by molar-refractivity contribution is 5.04. The fourth-order valence-electron chi connectivity index (χ4n) is 6.59. The average Bonchev–Trinajstić information content (AvgIpc) is 2.57. The molecule has 0 saturated heterocycles. The molecule has 0 aliphatic heterocycles. The van der Waals surface area contributed by atoms with Crippen molar-refractivity contribution in [1.82, 2.24) is 0 Å². The van der Waals surface area contributed by atoms with Gasteiger partial charge in [0.05, 0.1) is 0 Å². The van der Waals surface area contributed by atoms with Crippen molar-refractivity contribution >= 4 is 0 Å². The smallest absolute Gasteiger partial charge is 0.104 e. The molecule has 1 heteroatoms. The summed E-state index contributed by atoms with van der Waals surface area (Å²) in [6, 6.07) is 0. The minimum atomic E-state index is -0.493. The van der Waals surface area contributed by atoms with Crippen LogP contribution in [0.5, 0.6) is 0 Å². The standard InChI is InChI=1S/C22H39F/c1-3-5-6-7-18-8-9-19(20(23)17-18)22-14-11-21(10-4-2,12-15-22)13-16-22/h18-20H,3-17H2,1-2H3/t18-,19?,20+,21?,22?/m0/s1. The van der Waals surface area contributed by atoms with Gasteiger partial charge in [-0.15, -0.1) is 0 Å². The van der Waals surface area contributed by atoms with Crippen LogP contribution < -0.4 is 0 Å². The van der Waals surface area contributed by atoms with Crippen LogP contribution in [0.25, 0.3) is 0 Å². The van der Waals surface area contributed by atoms with Crippen molar-refractivity contribution in [1.29, 1.82) is 0 Å². The molecule has 0 aromatic rings. The summed E-state index contributed by atoms with van der Waals surface area (Å²) in [5, 5.41) is 0. The molecule has 0 aromatic carbocycles. The number of rotatable bonds is 7. The molecular formula is C22H39F. The average molecular weight is 323 g/mol. The maximum absolute atomic E-state index is 15.1. The zero-order chi connectivity index (χ0) is 16.3. The first-order valence-electron chi connectivity index (χ1n) is 10.8. The maximum atomic E-state index is 15.1. The topological polar surface area (TPSA) is 0 Å². The van der Waals surface area contributed by atoms with Crippen LogP contribution in [0, 0.1) is 22.7 Å². The van der Waals surface area contributed by atoms with Gasteiger partial charge in [0.1, 0.15) is 6.17 Å². The highest BCUT2D eigenvalue weighted by atomic mass is 19.1. The number of hydrogen-bond donors (Lipinski definition) is 0. The molecule has 4 aliphatic rings. The summed E-state index contributed by atoms with van der Waals surface area (Å²) < 4.78 is 15.1. The maximum Gasteiger partial charge on any atom is 0.104 e. The molecule has 3 atom stereocenters. The normalized spacial score (nSPS) is 43.7. The van der Waals surface area contributed by atoms with Crippen LogP contribution in [0.15, 0.2) is 0 Å². The van der Waals surface area contributed by atoms with Crippen molar-refractivity contribution in [2.75, 3.05) is 0 Å². The van der Waals surface area contributed by atoms with Crippen LogP contribution in [-0.2, 0) is 0 Å². The summed E-state index contributed by atoms with van der Waals surface area (Å²) in [6.07, 6.45) is 19.1. The molecule has 0 amide bonds. The Morgan fingerprint density at radius 1 is 0.870 bits per heavy atom. The number of halogens is 1. The third-order valence-corrected chi connectivity index (χ3v) is 8.12. The molecule has 0 spiro atoms. The molecule has 4 saturated carbocycles. The fourth-order valence-corrected chi connectivity index (χ4v) is 6.59. The summed E-state index contributed by atoms with van der Waals surface area (Å²) in [5.74, 6) is 1.10. The Bertz CT molecular complexity index is 350. The van der Waals surface area contributed by atoms with E-state index < -0.39 is 6.17 Å². The van der Waals surface area contributed by atoms with Gasteiger partial charge in [0.25, 0.3) is 0 Å². The third kappa shape index (κ3) is 3.64. The van der Waals surface area contributed by atoms with Crippen LogP contribution in [0.3, 0.4) is 0 Å². The van der Waals surface area contributed by atoms with E-state index in [0.29, 0.717) is 22.7 Å². The van der Waals surface area contributed by atoms with Gasteiger partial charge >= 0.3 is 0 Å². The molecule has 0 heterocycles. The van der Waals surface area contributed by atoms with Crippen LogP contribution in [-0.4, -0.2) is 6.17 Å². The summed E-state index contributed by atoms with van der Waals surface area (Å²) in [7, 11) is 0. The molecule has 0 N–H and O–H groups in total. The molecule has 0 radical (unpaired) electrons. The molecule has 0 aromatic heterocycles. The van der Waals surface area contributed by atoms with E-state index in [1.54, 1.807) is 0 Å². The first-order valence-corrected chi connectivity index (χ1v) is 10.8. The highest BCUT2D eigenvalue weighted by Gasteiger charge is 2.53.